The third-order valence-corrected chi connectivity index (χ3v) is 4.66. The van der Waals surface area contributed by atoms with Crippen molar-refractivity contribution in [3.8, 4) is 17.2 Å². The smallest absolute Gasteiger partial charge is 0.337 e. The Hall–Kier alpha value is -3.51. The molecule has 150 valence electrons. The molecule has 0 fully saturated rings. The summed E-state index contributed by atoms with van der Waals surface area (Å²) in [4.78, 5) is 11.9. The van der Waals surface area contributed by atoms with E-state index in [4.69, 9.17) is 14.2 Å². The van der Waals surface area contributed by atoms with E-state index in [0.29, 0.717) is 28.4 Å². The fourth-order valence-electron chi connectivity index (χ4n) is 3.27. The predicted octanol–water partition coefficient (Wildman–Crippen LogP) is 3.47. The number of hydrogen-bond acceptors (Lipinski definition) is 5. The Morgan fingerprint density at radius 3 is 1.79 bits per heavy atom. The van der Waals surface area contributed by atoms with Crippen molar-refractivity contribution in [3.63, 3.8) is 0 Å². The molecule has 0 aromatic heterocycles. The van der Waals surface area contributed by atoms with Gasteiger partial charge < -0.3 is 24.4 Å². The number of methoxy groups -OCH3 is 2. The average molecular weight is 394 g/mol. The molecule has 1 unspecified atom stereocenters. The van der Waals surface area contributed by atoms with Gasteiger partial charge >= 0.3 is 5.97 Å². The van der Waals surface area contributed by atoms with Gasteiger partial charge in [-0.2, -0.15) is 0 Å². The standard InChI is InChI=1S/C23H22O6/c1-27-19-14-13-18(15-20(19)28-2)29-23(21(24)22(25)26,16-9-5-3-6-10-16)17-11-7-4-8-12-17/h3-15,21,24H,1-2H3,(H,25,26). The topological polar surface area (TPSA) is 85.2 Å². The van der Waals surface area contributed by atoms with E-state index in [2.05, 4.69) is 0 Å². The monoisotopic (exact) mass is 394 g/mol. The third-order valence-electron chi connectivity index (χ3n) is 4.66. The molecule has 0 aliphatic heterocycles. The summed E-state index contributed by atoms with van der Waals surface area (Å²) >= 11 is 0. The van der Waals surface area contributed by atoms with Gasteiger partial charge in [0.05, 0.1) is 14.2 Å². The van der Waals surface area contributed by atoms with E-state index < -0.39 is 17.7 Å². The summed E-state index contributed by atoms with van der Waals surface area (Å²) < 4.78 is 16.9. The Kier molecular flexibility index (Phi) is 6.04. The molecule has 0 aliphatic carbocycles. The molecule has 3 aromatic carbocycles. The Morgan fingerprint density at radius 2 is 1.34 bits per heavy atom. The molecule has 2 N–H and O–H groups in total. The van der Waals surface area contributed by atoms with Gasteiger partial charge in [0.1, 0.15) is 5.75 Å². The maximum Gasteiger partial charge on any atom is 0.337 e. The molecule has 0 bridgehead atoms. The molecule has 0 radical (unpaired) electrons. The van der Waals surface area contributed by atoms with Crippen LogP contribution in [-0.4, -0.2) is 36.5 Å². The number of carboxylic acid groups (broad SMARTS) is 1. The fourth-order valence-corrected chi connectivity index (χ4v) is 3.27. The van der Waals surface area contributed by atoms with Crippen molar-refractivity contribution in [2.24, 2.45) is 0 Å². The van der Waals surface area contributed by atoms with E-state index in [1.54, 1.807) is 66.7 Å². The highest BCUT2D eigenvalue weighted by Gasteiger charge is 2.48. The highest BCUT2D eigenvalue weighted by molar-refractivity contribution is 5.75. The van der Waals surface area contributed by atoms with Crippen LogP contribution in [0.3, 0.4) is 0 Å². The van der Waals surface area contributed by atoms with Crippen LogP contribution in [0.4, 0.5) is 0 Å². The minimum atomic E-state index is -1.87. The van der Waals surface area contributed by atoms with Crippen molar-refractivity contribution in [2.75, 3.05) is 14.2 Å². The van der Waals surface area contributed by atoms with Gasteiger partial charge in [-0.05, 0) is 12.1 Å². The van der Waals surface area contributed by atoms with Crippen LogP contribution in [0.5, 0.6) is 17.2 Å². The second-order valence-corrected chi connectivity index (χ2v) is 6.33. The van der Waals surface area contributed by atoms with Gasteiger partial charge in [-0.25, -0.2) is 4.79 Å². The molecule has 0 aliphatic rings. The van der Waals surface area contributed by atoms with Crippen LogP contribution in [-0.2, 0) is 10.4 Å². The first-order valence-corrected chi connectivity index (χ1v) is 8.96. The van der Waals surface area contributed by atoms with Gasteiger partial charge in [-0.3, -0.25) is 0 Å². The lowest BCUT2D eigenvalue weighted by atomic mass is 9.81. The maximum atomic E-state index is 11.9. The molecule has 3 aromatic rings. The quantitative estimate of drug-likeness (QED) is 0.609. The lowest BCUT2D eigenvalue weighted by Crippen LogP contribution is -2.50. The van der Waals surface area contributed by atoms with Gasteiger partial charge in [0, 0.05) is 17.2 Å². The number of aliphatic hydroxyl groups is 1. The summed E-state index contributed by atoms with van der Waals surface area (Å²) in [5, 5.41) is 20.6. The van der Waals surface area contributed by atoms with E-state index >= 15 is 0 Å². The second-order valence-electron chi connectivity index (χ2n) is 6.33. The highest BCUT2D eigenvalue weighted by atomic mass is 16.5. The minimum absolute atomic E-state index is 0.315. The highest BCUT2D eigenvalue weighted by Crippen LogP contribution is 2.40. The Morgan fingerprint density at radius 1 is 0.828 bits per heavy atom. The van der Waals surface area contributed by atoms with Gasteiger partial charge in [0.2, 0.25) is 0 Å². The van der Waals surface area contributed by atoms with Crippen molar-refractivity contribution in [1.29, 1.82) is 0 Å². The molecular weight excluding hydrogens is 372 g/mol. The zero-order chi connectivity index (χ0) is 20.9. The molecule has 0 saturated carbocycles. The largest absolute Gasteiger partial charge is 0.493 e. The van der Waals surface area contributed by atoms with Gasteiger partial charge in [0.15, 0.2) is 23.2 Å². The zero-order valence-electron chi connectivity index (χ0n) is 16.1. The third kappa shape index (κ3) is 3.88. The molecule has 29 heavy (non-hydrogen) atoms. The summed E-state index contributed by atoms with van der Waals surface area (Å²) in [6.07, 6.45) is -1.87. The number of benzene rings is 3. The van der Waals surface area contributed by atoms with Gasteiger partial charge in [-0.15, -0.1) is 0 Å². The predicted molar refractivity (Wildman–Crippen MR) is 107 cm³/mol. The molecule has 0 amide bonds. The molecule has 0 heterocycles. The number of rotatable bonds is 8. The summed E-state index contributed by atoms with van der Waals surface area (Å²) in [7, 11) is 3.01. The van der Waals surface area contributed by atoms with E-state index in [9.17, 15) is 15.0 Å². The normalized spacial score (nSPS) is 12.1. The first-order chi connectivity index (χ1) is 14.0. The number of aliphatic hydroxyl groups excluding tert-OH is 1. The number of hydrogen-bond donors (Lipinski definition) is 2. The maximum absolute atomic E-state index is 11.9. The second kappa shape index (κ2) is 8.67. The molecular formula is C23H22O6. The number of aliphatic carboxylic acids is 1. The van der Waals surface area contributed by atoms with Gasteiger partial charge in [-0.1, -0.05) is 60.7 Å². The van der Waals surface area contributed by atoms with Crippen molar-refractivity contribution in [3.05, 3.63) is 90.0 Å². The van der Waals surface area contributed by atoms with Crippen LogP contribution in [0.1, 0.15) is 11.1 Å². The molecule has 6 heteroatoms. The molecule has 1 atom stereocenters. The lowest BCUT2D eigenvalue weighted by Gasteiger charge is -2.37. The van der Waals surface area contributed by atoms with Crippen LogP contribution < -0.4 is 14.2 Å². The van der Waals surface area contributed by atoms with E-state index in [0.717, 1.165) is 0 Å². The molecule has 0 saturated heterocycles. The summed E-state index contributed by atoms with van der Waals surface area (Å²) in [6.45, 7) is 0. The fraction of sp³-hybridized carbons (Fsp3) is 0.174. The molecule has 3 rings (SSSR count). The summed E-state index contributed by atoms with van der Waals surface area (Å²) in [5.41, 5.74) is -0.694. The molecule has 6 nitrogen and oxygen atoms in total. The summed E-state index contributed by atoms with van der Waals surface area (Å²) in [6, 6.07) is 22.4. The van der Waals surface area contributed by atoms with Crippen LogP contribution >= 0.6 is 0 Å². The van der Waals surface area contributed by atoms with Crippen LogP contribution in [0.25, 0.3) is 0 Å². The van der Waals surface area contributed by atoms with Crippen molar-refractivity contribution >= 4 is 5.97 Å². The SMILES string of the molecule is COc1ccc(OC(c2ccccc2)(c2ccccc2)C(O)C(=O)O)cc1OC. The van der Waals surface area contributed by atoms with Crippen molar-refractivity contribution in [1.82, 2.24) is 0 Å². The Balaban J connectivity index is 2.23. The van der Waals surface area contributed by atoms with E-state index in [1.165, 1.54) is 14.2 Å². The van der Waals surface area contributed by atoms with Crippen LogP contribution in [0.2, 0.25) is 0 Å². The number of ether oxygens (including phenoxy) is 3. The van der Waals surface area contributed by atoms with Gasteiger partial charge in [0.25, 0.3) is 0 Å². The van der Waals surface area contributed by atoms with E-state index in [-0.39, 0.29) is 0 Å². The summed E-state index contributed by atoms with van der Waals surface area (Å²) in [5.74, 6) is -0.165. The Labute approximate surface area is 168 Å². The first-order valence-electron chi connectivity index (χ1n) is 8.96. The first kappa shape index (κ1) is 20.2. The lowest BCUT2D eigenvalue weighted by molar-refractivity contribution is -0.157. The number of carbonyl (C=O) groups is 1. The van der Waals surface area contributed by atoms with Crippen molar-refractivity contribution < 1.29 is 29.2 Å². The Bertz CT molecular complexity index is 916. The molecule has 0 spiro atoms. The van der Waals surface area contributed by atoms with Crippen LogP contribution in [0, 0.1) is 0 Å². The van der Waals surface area contributed by atoms with Crippen LogP contribution in [0.15, 0.2) is 78.9 Å². The average Bonchev–Trinajstić information content (AvgIpc) is 2.78. The van der Waals surface area contributed by atoms with Crippen molar-refractivity contribution in [2.45, 2.75) is 11.7 Å². The number of carboxylic acids is 1. The zero-order valence-corrected chi connectivity index (χ0v) is 16.1. The minimum Gasteiger partial charge on any atom is -0.493 e. The van der Waals surface area contributed by atoms with E-state index in [1.807, 2.05) is 12.1 Å².